The van der Waals surface area contributed by atoms with Crippen LogP contribution in [-0.4, -0.2) is 27.8 Å². The molecule has 0 atom stereocenters. The predicted octanol–water partition coefficient (Wildman–Crippen LogP) is 4.02. The molecule has 0 amide bonds. The van der Waals surface area contributed by atoms with Crippen molar-refractivity contribution in [2.24, 2.45) is 4.99 Å². The van der Waals surface area contributed by atoms with Crippen molar-refractivity contribution in [2.45, 2.75) is 57.5 Å². The molecule has 1 aromatic carbocycles. The van der Waals surface area contributed by atoms with Gasteiger partial charge in [0.05, 0.1) is 17.4 Å². The Morgan fingerprint density at radius 2 is 1.64 bits per heavy atom. The highest BCUT2D eigenvalue weighted by atomic mass is 35.5. The average molecular weight is 326 g/mol. The summed E-state index contributed by atoms with van der Waals surface area (Å²) in [5, 5.41) is 23.4. The van der Waals surface area contributed by atoms with E-state index in [0.717, 1.165) is 17.9 Å². The van der Waals surface area contributed by atoms with Crippen LogP contribution >= 0.6 is 12.4 Å². The van der Waals surface area contributed by atoms with Crippen LogP contribution in [0.3, 0.4) is 0 Å². The molecule has 0 bridgehead atoms. The largest absolute Gasteiger partial charge is 0.287 e. The van der Waals surface area contributed by atoms with E-state index in [2.05, 4.69) is 0 Å². The molecule has 22 heavy (non-hydrogen) atoms. The van der Waals surface area contributed by atoms with Crippen molar-refractivity contribution in [3.63, 3.8) is 0 Å². The molecule has 0 aromatic heterocycles. The van der Waals surface area contributed by atoms with Gasteiger partial charge in [-0.3, -0.25) is 15.4 Å². The lowest BCUT2D eigenvalue weighted by Gasteiger charge is -2.44. The number of fused-ring (bicyclic) bond motifs is 1. The first-order chi connectivity index (χ1) is 10.0. The lowest BCUT2D eigenvalue weighted by molar-refractivity contribution is 0.187. The summed E-state index contributed by atoms with van der Waals surface area (Å²) in [6, 6.07) is 7.49. The molecule has 1 aliphatic heterocycles. The fraction of sp³-hybridized carbons (Fsp3) is 0.562. The highest BCUT2D eigenvalue weighted by molar-refractivity contribution is 6.09. The van der Waals surface area contributed by atoms with E-state index in [4.69, 9.17) is 4.99 Å². The summed E-state index contributed by atoms with van der Waals surface area (Å²) in [4.78, 5) is 4.77. The number of aliphatic imine (C=N–C) groups is 1. The molecule has 1 aromatic rings. The molecule has 1 aliphatic carbocycles. The Labute approximate surface area is 137 Å². The summed E-state index contributed by atoms with van der Waals surface area (Å²) < 4.78 is 0. The molecule has 0 radical (unpaired) electrons. The summed E-state index contributed by atoms with van der Waals surface area (Å²) >= 11 is 0. The second kappa shape index (κ2) is 6.44. The van der Waals surface area contributed by atoms with Crippen molar-refractivity contribution < 1.29 is 10.4 Å². The van der Waals surface area contributed by atoms with Gasteiger partial charge in [-0.05, 0) is 38.8 Å². The van der Waals surface area contributed by atoms with Crippen molar-refractivity contribution >= 4 is 29.6 Å². The summed E-state index contributed by atoms with van der Waals surface area (Å²) in [5.41, 5.74) is 0.391. The first-order valence-corrected chi connectivity index (χ1v) is 7.67. The number of hydroxylamine groups is 2. The van der Waals surface area contributed by atoms with E-state index in [-0.39, 0.29) is 18.4 Å². The van der Waals surface area contributed by atoms with Gasteiger partial charge < -0.3 is 0 Å². The Bertz CT molecular complexity index is 556. The Morgan fingerprint density at radius 1 is 1.05 bits per heavy atom. The first kappa shape index (κ1) is 17.1. The molecule has 6 heteroatoms. The predicted molar refractivity (Wildman–Crippen MR) is 90.6 cm³/mol. The fourth-order valence-corrected chi connectivity index (χ4v) is 3.19. The third kappa shape index (κ3) is 2.81. The maximum Gasteiger partial charge on any atom is 0.157 e. The normalized spacial score (nSPS) is 23.2. The minimum atomic E-state index is -0.763. The molecule has 3 rings (SSSR count). The highest BCUT2D eigenvalue weighted by Gasteiger charge is 2.42. The number of para-hydroxylation sites is 2. The average Bonchev–Trinajstić information content (AvgIpc) is 2.51. The Kier molecular flexibility index (Phi) is 5.00. The Balaban J connectivity index is 0.00000176. The Hall–Kier alpha value is -1.30. The molecule has 1 heterocycles. The van der Waals surface area contributed by atoms with Crippen molar-refractivity contribution in [2.75, 3.05) is 10.1 Å². The number of nitrogens with zero attached hydrogens (tertiary/aromatic N) is 3. The topological polar surface area (TPSA) is 59.3 Å². The van der Waals surface area contributed by atoms with Gasteiger partial charge in [0.15, 0.2) is 5.84 Å². The van der Waals surface area contributed by atoms with Crippen LogP contribution in [0.4, 0.5) is 11.4 Å². The lowest BCUT2D eigenvalue weighted by atomic mass is 9.94. The molecule has 1 saturated carbocycles. The van der Waals surface area contributed by atoms with E-state index in [1.54, 1.807) is 12.1 Å². The van der Waals surface area contributed by atoms with Crippen molar-refractivity contribution in [3.05, 3.63) is 24.3 Å². The maximum absolute atomic E-state index is 10.6. The molecular formula is C16H24ClN3O2. The van der Waals surface area contributed by atoms with Gasteiger partial charge in [0.1, 0.15) is 5.54 Å². The Morgan fingerprint density at radius 3 is 2.27 bits per heavy atom. The molecular weight excluding hydrogens is 302 g/mol. The lowest BCUT2D eigenvalue weighted by Crippen LogP contribution is -2.58. The van der Waals surface area contributed by atoms with Crippen molar-refractivity contribution in [1.29, 1.82) is 0 Å². The zero-order valence-electron chi connectivity index (χ0n) is 13.1. The standard InChI is InChI=1S/C16H23N3O2.ClH/c1-16(2)15(17-12-8-4-3-5-9-12)18(20)13-10-6-7-11-14(13)19(16)21;/h6-7,10-12,20-21H,3-5,8-9H2,1-2H3;1H. The summed E-state index contributed by atoms with van der Waals surface area (Å²) in [7, 11) is 0. The van der Waals surface area contributed by atoms with Gasteiger partial charge in [-0.25, -0.2) is 10.1 Å². The van der Waals surface area contributed by atoms with E-state index in [9.17, 15) is 10.4 Å². The van der Waals surface area contributed by atoms with Gasteiger partial charge in [0, 0.05) is 0 Å². The van der Waals surface area contributed by atoms with Crippen LogP contribution in [0.2, 0.25) is 0 Å². The number of halogens is 1. The number of rotatable bonds is 1. The number of hydrogen-bond acceptors (Lipinski definition) is 4. The van der Waals surface area contributed by atoms with E-state index in [1.807, 2.05) is 26.0 Å². The van der Waals surface area contributed by atoms with Crippen molar-refractivity contribution in [1.82, 2.24) is 0 Å². The van der Waals surface area contributed by atoms with Crippen LogP contribution in [0.5, 0.6) is 0 Å². The van der Waals surface area contributed by atoms with Crippen molar-refractivity contribution in [3.8, 4) is 0 Å². The van der Waals surface area contributed by atoms with E-state index >= 15 is 0 Å². The van der Waals surface area contributed by atoms with Crippen LogP contribution in [0.15, 0.2) is 29.3 Å². The third-order valence-corrected chi connectivity index (χ3v) is 4.50. The number of anilines is 2. The summed E-state index contributed by atoms with van der Waals surface area (Å²) in [6.45, 7) is 3.74. The van der Waals surface area contributed by atoms with Gasteiger partial charge in [-0.2, -0.15) is 0 Å². The molecule has 1 fully saturated rings. The van der Waals surface area contributed by atoms with Crippen LogP contribution in [0, 0.1) is 0 Å². The van der Waals surface area contributed by atoms with E-state index in [1.165, 1.54) is 24.3 Å². The van der Waals surface area contributed by atoms with Gasteiger partial charge in [-0.1, -0.05) is 31.4 Å². The quantitative estimate of drug-likeness (QED) is 0.818. The number of benzene rings is 1. The zero-order valence-corrected chi connectivity index (χ0v) is 13.9. The minimum absolute atomic E-state index is 0. The molecule has 5 nitrogen and oxygen atoms in total. The second-order valence-corrected chi connectivity index (χ2v) is 6.42. The first-order valence-electron chi connectivity index (χ1n) is 7.67. The monoisotopic (exact) mass is 325 g/mol. The minimum Gasteiger partial charge on any atom is -0.287 e. The molecule has 0 spiro atoms. The van der Waals surface area contributed by atoms with Gasteiger partial charge >= 0.3 is 0 Å². The molecule has 0 saturated heterocycles. The zero-order chi connectivity index (χ0) is 15.0. The molecule has 2 N–H and O–H groups in total. The number of hydrogen-bond donors (Lipinski definition) is 2. The maximum atomic E-state index is 10.6. The fourth-order valence-electron chi connectivity index (χ4n) is 3.19. The molecule has 0 unspecified atom stereocenters. The van der Waals surface area contributed by atoms with Crippen LogP contribution < -0.4 is 10.1 Å². The third-order valence-electron chi connectivity index (χ3n) is 4.50. The SMILES string of the molecule is CC1(C)C(=NC2CCCCC2)N(O)c2ccccc2N1O.Cl. The van der Waals surface area contributed by atoms with Crippen LogP contribution in [0.25, 0.3) is 0 Å². The van der Waals surface area contributed by atoms with E-state index in [0.29, 0.717) is 17.2 Å². The molecule has 122 valence electrons. The smallest absolute Gasteiger partial charge is 0.157 e. The number of amidine groups is 1. The second-order valence-electron chi connectivity index (χ2n) is 6.42. The molecule has 2 aliphatic rings. The van der Waals surface area contributed by atoms with E-state index < -0.39 is 5.54 Å². The highest BCUT2D eigenvalue weighted by Crippen LogP contribution is 2.39. The summed E-state index contributed by atoms with van der Waals surface area (Å²) in [6.07, 6.45) is 5.75. The summed E-state index contributed by atoms with van der Waals surface area (Å²) in [5.74, 6) is 0.510. The van der Waals surface area contributed by atoms with Crippen LogP contribution in [0.1, 0.15) is 46.0 Å². The van der Waals surface area contributed by atoms with Gasteiger partial charge in [0.2, 0.25) is 0 Å². The van der Waals surface area contributed by atoms with Gasteiger partial charge in [0.25, 0.3) is 0 Å². The van der Waals surface area contributed by atoms with Crippen LogP contribution in [-0.2, 0) is 0 Å². The van der Waals surface area contributed by atoms with Gasteiger partial charge in [-0.15, -0.1) is 12.4 Å².